The molecule has 1 N–H and O–H groups in total. The van der Waals surface area contributed by atoms with Crippen molar-refractivity contribution in [3.63, 3.8) is 0 Å². The van der Waals surface area contributed by atoms with Crippen molar-refractivity contribution >= 4 is 32.4 Å². The maximum Gasteiger partial charge on any atom is 0.265 e. The van der Waals surface area contributed by atoms with Gasteiger partial charge in [0.15, 0.2) is 6.10 Å². The Kier molecular flexibility index (Phi) is 6.85. The number of methoxy groups -OCH3 is 1. The first-order chi connectivity index (χ1) is 15.9. The molecule has 1 amide bonds. The van der Waals surface area contributed by atoms with Crippen LogP contribution in [0, 0.1) is 0 Å². The summed E-state index contributed by atoms with van der Waals surface area (Å²) in [5.74, 6) is 0.594. The van der Waals surface area contributed by atoms with Crippen molar-refractivity contribution < 1.29 is 22.7 Å². The second kappa shape index (κ2) is 9.80. The van der Waals surface area contributed by atoms with Gasteiger partial charge < -0.3 is 14.8 Å². The van der Waals surface area contributed by atoms with Gasteiger partial charge in [0.1, 0.15) is 11.5 Å². The lowest BCUT2D eigenvalue weighted by atomic mass is 10.1. The summed E-state index contributed by atoms with van der Waals surface area (Å²) in [7, 11) is -2.15. The minimum Gasteiger partial charge on any atom is -0.495 e. The Morgan fingerprint density at radius 2 is 1.76 bits per heavy atom. The van der Waals surface area contributed by atoms with Gasteiger partial charge in [-0.25, -0.2) is 8.42 Å². The van der Waals surface area contributed by atoms with E-state index in [9.17, 15) is 13.2 Å². The highest BCUT2D eigenvalue weighted by atomic mass is 32.2. The molecule has 3 aromatic rings. The van der Waals surface area contributed by atoms with Gasteiger partial charge in [-0.3, -0.25) is 4.79 Å². The lowest BCUT2D eigenvalue weighted by Crippen LogP contribution is -2.32. The zero-order valence-electron chi connectivity index (χ0n) is 18.8. The lowest BCUT2D eigenvalue weighted by molar-refractivity contribution is -0.122. The van der Waals surface area contributed by atoms with Crippen molar-refractivity contribution in [3.8, 4) is 11.5 Å². The molecule has 3 aromatic carbocycles. The van der Waals surface area contributed by atoms with Gasteiger partial charge in [-0.1, -0.05) is 37.3 Å². The maximum atomic E-state index is 13.0. The van der Waals surface area contributed by atoms with Crippen molar-refractivity contribution in [1.82, 2.24) is 4.31 Å². The van der Waals surface area contributed by atoms with Crippen LogP contribution in [0.25, 0.3) is 10.8 Å². The predicted octanol–water partition coefficient (Wildman–Crippen LogP) is 4.43. The molecule has 4 rings (SSSR count). The third kappa shape index (κ3) is 4.96. The van der Waals surface area contributed by atoms with Gasteiger partial charge >= 0.3 is 0 Å². The molecule has 33 heavy (non-hydrogen) atoms. The molecular formula is C25H28N2O5S. The van der Waals surface area contributed by atoms with Crippen LogP contribution in [0.15, 0.2) is 65.6 Å². The highest BCUT2D eigenvalue weighted by molar-refractivity contribution is 7.89. The molecule has 1 fully saturated rings. The number of hydrogen-bond acceptors (Lipinski definition) is 5. The zero-order chi connectivity index (χ0) is 23.4. The monoisotopic (exact) mass is 468 g/mol. The van der Waals surface area contributed by atoms with Crippen LogP contribution in [-0.4, -0.2) is 44.9 Å². The van der Waals surface area contributed by atoms with Crippen molar-refractivity contribution in [1.29, 1.82) is 0 Å². The van der Waals surface area contributed by atoms with E-state index in [4.69, 9.17) is 9.47 Å². The van der Waals surface area contributed by atoms with Gasteiger partial charge in [0, 0.05) is 13.1 Å². The molecule has 0 saturated carbocycles. The van der Waals surface area contributed by atoms with Crippen LogP contribution in [0.4, 0.5) is 5.69 Å². The lowest BCUT2D eigenvalue weighted by Gasteiger charge is -2.20. The average molecular weight is 469 g/mol. The number of anilines is 1. The Morgan fingerprint density at radius 1 is 1.03 bits per heavy atom. The first-order valence-corrected chi connectivity index (χ1v) is 12.5. The minimum absolute atomic E-state index is 0.129. The number of amides is 1. The summed E-state index contributed by atoms with van der Waals surface area (Å²) in [6, 6.07) is 18.1. The number of hydrogen-bond donors (Lipinski definition) is 1. The number of carbonyl (C=O) groups is 1. The van der Waals surface area contributed by atoms with Crippen LogP contribution in [-0.2, 0) is 14.8 Å². The molecule has 0 spiro atoms. The van der Waals surface area contributed by atoms with E-state index < -0.39 is 16.1 Å². The fraction of sp³-hybridized carbons (Fsp3) is 0.320. The summed E-state index contributed by atoms with van der Waals surface area (Å²) in [5, 5.41) is 4.91. The molecule has 1 saturated heterocycles. The van der Waals surface area contributed by atoms with Crippen LogP contribution in [0.5, 0.6) is 11.5 Å². The molecule has 8 heteroatoms. The fourth-order valence-electron chi connectivity index (χ4n) is 3.96. The van der Waals surface area contributed by atoms with Crippen molar-refractivity contribution in [2.75, 3.05) is 25.5 Å². The number of sulfonamides is 1. The fourth-order valence-corrected chi connectivity index (χ4v) is 5.51. The molecule has 0 bridgehead atoms. The van der Waals surface area contributed by atoms with E-state index >= 15 is 0 Å². The van der Waals surface area contributed by atoms with E-state index in [0.717, 1.165) is 23.6 Å². The molecule has 174 valence electrons. The Hall–Kier alpha value is -3.10. The summed E-state index contributed by atoms with van der Waals surface area (Å²) in [5.41, 5.74) is 0.295. The molecular weight excluding hydrogens is 440 g/mol. The Morgan fingerprint density at radius 3 is 2.45 bits per heavy atom. The smallest absolute Gasteiger partial charge is 0.265 e. The first-order valence-electron chi connectivity index (χ1n) is 11.1. The predicted molar refractivity (Wildman–Crippen MR) is 128 cm³/mol. The van der Waals surface area contributed by atoms with Crippen molar-refractivity contribution in [2.24, 2.45) is 0 Å². The number of benzene rings is 3. The Balaban J connectivity index is 1.55. The average Bonchev–Trinajstić information content (AvgIpc) is 3.38. The summed E-state index contributed by atoms with van der Waals surface area (Å²) < 4.78 is 38.7. The normalized spacial score (nSPS) is 15.3. The maximum absolute atomic E-state index is 13.0. The number of carbonyl (C=O) groups excluding carboxylic acids is 1. The van der Waals surface area contributed by atoms with Crippen LogP contribution in [0.1, 0.15) is 26.2 Å². The molecule has 0 unspecified atom stereocenters. The van der Waals surface area contributed by atoms with Crippen LogP contribution < -0.4 is 14.8 Å². The number of ether oxygens (including phenoxy) is 2. The summed E-state index contributed by atoms with van der Waals surface area (Å²) in [6.45, 7) is 2.87. The number of rotatable bonds is 8. The van der Waals surface area contributed by atoms with E-state index in [2.05, 4.69) is 5.32 Å². The summed E-state index contributed by atoms with van der Waals surface area (Å²) in [6.07, 6.45) is 1.38. The number of nitrogens with zero attached hydrogens (tertiary/aromatic N) is 1. The molecule has 0 aromatic heterocycles. The van der Waals surface area contributed by atoms with Crippen LogP contribution >= 0.6 is 0 Å². The van der Waals surface area contributed by atoms with Gasteiger partial charge in [-0.2, -0.15) is 4.31 Å². The van der Waals surface area contributed by atoms with Gasteiger partial charge in [-0.15, -0.1) is 0 Å². The molecule has 1 aliphatic heterocycles. The molecule has 1 heterocycles. The van der Waals surface area contributed by atoms with E-state index in [1.807, 2.05) is 49.4 Å². The van der Waals surface area contributed by atoms with Gasteiger partial charge in [0.25, 0.3) is 5.91 Å². The highest BCUT2D eigenvalue weighted by Crippen LogP contribution is 2.31. The van der Waals surface area contributed by atoms with Crippen LogP contribution in [0.3, 0.4) is 0 Å². The third-order valence-electron chi connectivity index (χ3n) is 5.79. The molecule has 7 nitrogen and oxygen atoms in total. The minimum atomic E-state index is -3.62. The summed E-state index contributed by atoms with van der Waals surface area (Å²) >= 11 is 0. The van der Waals surface area contributed by atoms with Crippen molar-refractivity contribution in [3.05, 3.63) is 60.7 Å². The molecule has 1 atom stereocenters. The molecule has 0 radical (unpaired) electrons. The highest BCUT2D eigenvalue weighted by Gasteiger charge is 2.28. The molecule has 0 aliphatic carbocycles. The van der Waals surface area contributed by atoms with Gasteiger partial charge in [0.2, 0.25) is 10.0 Å². The van der Waals surface area contributed by atoms with Crippen molar-refractivity contribution in [2.45, 2.75) is 37.2 Å². The van der Waals surface area contributed by atoms with E-state index in [-0.39, 0.29) is 10.8 Å². The molecule has 1 aliphatic rings. The largest absolute Gasteiger partial charge is 0.495 e. The van der Waals surface area contributed by atoms with E-state index in [1.165, 1.54) is 23.5 Å². The first kappa shape index (κ1) is 23.1. The Labute approximate surface area is 194 Å². The standard InChI is InChI=1S/C25H28N2O5S/c1-3-23(32-20-11-10-18-8-4-5-9-19(18)16-20)25(28)26-22-17-21(12-13-24(22)31-2)33(29,30)27-14-6-7-15-27/h4-5,8-13,16-17,23H,3,6-7,14-15H2,1-2H3,(H,26,28)/t23-/m1/s1. The third-order valence-corrected chi connectivity index (χ3v) is 7.69. The second-order valence-electron chi connectivity index (χ2n) is 7.99. The Bertz CT molecular complexity index is 1250. The number of fused-ring (bicyclic) bond motifs is 1. The van der Waals surface area contributed by atoms with E-state index in [0.29, 0.717) is 36.7 Å². The van der Waals surface area contributed by atoms with Gasteiger partial charge in [-0.05, 0) is 60.4 Å². The second-order valence-corrected chi connectivity index (χ2v) is 9.92. The van der Waals surface area contributed by atoms with Crippen LogP contribution in [0.2, 0.25) is 0 Å². The quantitative estimate of drug-likeness (QED) is 0.529. The zero-order valence-corrected chi connectivity index (χ0v) is 19.6. The van der Waals surface area contributed by atoms with Gasteiger partial charge in [0.05, 0.1) is 17.7 Å². The number of nitrogens with one attached hydrogen (secondary N) is 1. The SMILES string of the molecule is CC[C@@H](Oc1ccc2ccccc2c1)C(=O)Nc1cc(S(=O)(=O)N2CCCC2)ccc1OC. The topological polar surface area (TPSA) is 84.9 Å². The summed E-state index contributed by atoms with van der Waals surface area (Å²) in [4.78, 5) is 13.2. The van der Waals surface area contributed by atoms with E-state index in [1.54, 1.807) is 6.07 Å².